The van der Waals surface area contributed by atoms with Gasteiger partial charge in [0.1, 0.15) is 5.82 Å². The summed E-state index contributed by atoms with van der Waals surface area (Å²) in [7, 11) is 0. The molecule has 3 aromatic rings. The molecule has 4 rings (SSSR count). The first kappa shape index (κ1) is 18.3. The Bertz CT molecular complexity index is 936. The Labute approximate surface area is 164 Å². The number of nitrogens with zero attached hydrogens (tertiary/aromatic N) is 3. The van der Waals surface area contributed by atoms with E-state index < -0.39 is 0 Å². The zero-order valence-electron chi connectivity index (χ0n) is 16.2. The number of benzene rings is 1. The number of carbonyl (C=O) groups is 1. The monoisotopic (exact) mass is 376 g/mol. The average molecular weight is 376 g/mol. The van der Waals surface area contributed by atoms with Crippen molar-refractivity contribution in [2.24, 2.45) is 0 Å². The molecule has 0 saturated carbocycles. The topological polar surface area (TPSA) is 59.4 Å². The second kappa shape index (κ2) is 7.86. The number of nitrogens with one attached hydrogen (secondary N) is 1. The first-order valence-corrected chi connectivity index (χ1v) is 9.47. The van der Waals surface area contributed by atoms with E-state index in [-0.39, 0.29) is 5.91 Å². The van der Waals surface area contributed by atoms with Crippen LogP contribution in [0.2, 0.25) is 0 Å². The molecular formula is C22H24N4O2. The first-order chi connectivity index (χ1) is 13.6. The fourth-order valence-corrected chi connectivity index (χ4v) is 3.48. The highest BCUT2D eigenvalue weighted by atomic mass is 16.5. The number of rotatable bonds is 4. The number of hydrogen-bond acceptors (Lipinski definition) is 4. The van der Waals surface area contributed by atoms with Gasteiger partial charge in [-0.2, -0.15) is 0 Å². The summed E-state index contributed by atoms with van der Waals surface area (Å²) in [5, 5.41) is 2.91. The Morgan fingerprint density at radius 2 is 1.64 bits per heavy atom. The smallest absolute Gasteiger partial charge is 0.255 e. The highest BCUT2D eigenvalue weighted by Gasteiger charge is 2.13. The molecule has 1 aliphatic heterocycles. The molecular weight excluding hydrogens is 352 g/mol. The molecule has 3 heterocycles. The van der Waals surface area contributed by atoms with Gasteiger partial charge in [0, 0.05) is 35.7 Å². The van der Waals surface area contributed by atoms with E-state index in [1.807, 2.05) is 36.4 Å². The Hall–Kier alpha value is -3.12. The molecule has 1 aromatic carbocycles. The van der Waals surface area contributed by atoms with Crippen LogP contribution in [-0.4, -0.2) is 41.8 Å². The third kappa shape index (κ3) is 3.77. The van der Waals surface area contributed by atoms with Crippen LogP contribution in [0.1, 0.15) is 21.7 Å². The van der Waals surface area contributed by atoms with E-state index in [1.54, 1.807) is 6.20 Å². The van der Waals surface area contributed by atoms with Gasteiger partial charge in [0.15, 0.2) is 0 Å². The van der Waals surface area contributed by atoms with Gasteiger partial charge in [-0.25, -0.2) is 4.98 Å². The number of hydrogen-bond donors (Lipinski definition) is 1. The van der Waals surface area contributed by atoms with Gasteiger partial charge >= 0.3 is 0 Å². The van der Waals surface area contributed by atoms with Crippen LogP contribution in [0.5, 0.6) is 0 Å². The summed E-state index contributed by atoms with van der Waals surface area (Å²) < 4.78 is 7.53. The zero-order valence-corrected chi connectivity index (χ0v) is 16.2. The van der Waals surface area contributed by atoms with Crippen LogP contribution in [0.4, 0.5) is 11.5 Å². The number of ether oxygens (including phenoxy) is 1. The van der Waals surface area contributed by atoms with Crippen LogP contribution in [0.3, 0.4) is 0 Å². The molecule has 28 heavy (non-hydrogen) atoms. The van der Waals surface area contributed by atoms with Crippen LogP contribution < -0.4 is 10.2 Å². The molecule has 0 spiro atoms. The second-order valence-corrected chi connectivity index (χ2v) is 6.96. The van der Waals surface area contributed by atoms with E-state index in [0.717, 1.165) is 37.8 Å². The van der Waals surface area contributed by atoms with E-state index in [1.165, 1.54) is 11.4 Å². The normalized spacial score (nSPS) is 14.1. The van der Waals surface area contributed by atoms with Crippen LogP contribution >= 0.6 is 0 Å². The van der Waals surface area contributed by atoms with Crippen LogP contribution in [-0.2, 0) is 4.74 Å². The summed E-state index contributed by atoms with van der Waals surface area (Å²) in [5.74, 6) is 0.761. The third-order valence-electron chi connectivity index (χ3n) is 5.00. The van der Waals surface area contributed by atoms with Gasteiger partial charge < -0.3 is 19.5 Å². The molecule has 0 radical (unpaired) electrons. The third-order valence-corrected chi connectivity index (χ3v) is 5.00. The van der Waals surface area contributed by atoms with E-state index >= 15 is 0 Å². The van der Waals surface area contributed by atoms with Crippen molar-refractivity contribution >= 4 is 17.4 Å². The molecule has 0 aliphatic carbocycles. The van der Waals surface area contributed by atoms with Gasteiger partial charge in [-0.3, -0.25) is 4.79 Å². The van der Waals surface area contributed by atoms with Crippen molar-refractivity contribution in [2.45, 2.75) is 13.8 Å². The van der Waals surface area contributed by atoms with E-state index in [2.05, 4.69) is 45.7 Å². The summed E-state index contributed by atoms with van der Waals surface area (Å²) in [6.07, 6.45) is 1.70. The van der Waals surface area contributed by atoms with Crippen LogP contribution in [0.15, 0.2) is 54.7 Å². The van der Waals surface area contributed by atoms with E-state index in [9.17, 15) is 4.79 Å². The predicted octanol–water partition coefficient (Wildman–Crippen LogP) is 3.58. The maximum atomic E-state index is 12.6. The number of amides is 1. The summed E-state index contributed by atoms with van der Waals surface area (Å²) in [6.45, 7) is 7.26. The lowest BCUT2D eigenvalue weighted by atomic mass is 10.2. The molecule has 1 amide bonds. The zero-order chi connectivity index (χ0) is 19.5. The number of aromatic nitrogens is 2. The number of morpholine rings is 1. The first-order valence-electron chi connectivity index (χ1n) is 9.47. The molecule has 2 aromatic heterocycles. The van der Waals surface area contributed by atoms with Crippen molar-refractivity contribution in [3.8, 4) is 5.69 Å². The molecule has 144 valence electrons. The van der Waals surface area contributed by atoms with Gasteiger partial charge in [0.05, 0.1) is 25.1 Å². The van der Waals surface area contributed by atoms with Gasteiger partial charge in [-0.15, -0.1) is 0 Å². The number of anilines is 2. The molecule has 6 heteroatoms. The number of aryl methyl sites for hydroxylation is 2. The lowest BCUT2D eigenvalue weighted by molar-refractivity contribution is 0.102. The quantitative estimate of drug-likeness (QED) is 0.756. The van der Waals surface area contributed by atoms with Gasteiger partial charge in [-0.05, 0) is 62.4 Å². The summed E-state index contributed by atoms with van der Waals surface area (Å²) >= 11 is 0. The van der Waals surface area contributed by atoms with Crippen LogP contribution in [0.25, 0.3) is 5.69 Å². The highest BCUT2D eigenvalue weighted by molar-refractivity contribution is 6.04. The molecule has 0 unspecified atom stereocenters. The lowest BCUT2D eigenvalue weighted by Gasteiger charge is -2.27. The lowest BCUT2D eigenvalue weighted by Crippen LogP contribution is -2.36. The minimum absolute atomic E-state index is 0.145. The Morgan fingerprint density at radius 3 is 2.25 bits per heavy atom. The number of pyridine rings is 1. The minimum Gasteiger partial charge on any atom is -0.378 e. The fraction of sp³-hybridized carbons (Fsp3) is 0.273. The molecule has 6 nitrogen and oxygen atoms in total. The van der Waals surface area contributed by atoms with Crippen molar-refractivity contribution in [3.63, 3.8) is 0 Å². The molecule has 1 saturated heterocycles. The maximum absolute atomic E-state index is 12.6. The Kier molecular flexibility index (Phi) is 5.12. The predicted molar refractivity (Wildman–Crippen MR) is 110 cm³/mol. The van der Waals surface area contributed by atoms with Crippen molar-refractivity contribution in [1.82, 2.24) is 9.55 Å². The van der Waals surface area contributed by atoms with Crippen molar-refractivity contribution in [1.29, 1.82) is 0 Å². The minimum atomic E-state index is -0.145. The van der Waals surface area contributed by atoms with Crippen molar-refractivity contribution < 1.29 is 9.53 Å². The summed E-state index contributed by atoms with van der Waals surface area (Å²) in [4.78, 5) is 19.2. The Balaban J connectivity index is 1.43. The largest absolute Gasteiger partial charge is 0.378 e. The maximum Gasteiger partial charge on any atom is 0.255 e. The van der Waals surface area contributed by atoms with E-state index in [0.29, 0.717) is 11.3 Å². The summed E-state index contributed by atoms with van der Waals surface area (Å²) in [6, 6.07) is 15.6. The molecule has 0 bridgehead atoms. The molecule has 1 fully saturated rings. The molecule has 1 aliphatic rings. The van der Waals surface area contributed by atoms with Crippen molar-refractivity contribution in [3.05, 3.63) is 71.7 Å². The van der Waals surface area contributed by atoms with Gasteiger partial charge in [0.25, 0.3) is 5.91 Å². The average Bonchev–Trinajstić information content (AvgIpc) is 3.07. The second-order valence-electron chi connectivity index (χ2n) is 6.96. The SMILES string of the molecule is Cc1ccc(C)n1-c1ccc(C(=O)Nc2ccc(N3CCOCC3)nc2)cc1. The van der Waals surface area contributed by atoms with Gasteiger partial charge in [-0.1, -0.05) is 0 Å². The molecule has 0 atom stereocenters. The standard InChI is InChI=1S/C22H24N4O2/c1-16-3-4-17(2)26(16)20-8-5-18(6-9-20)22(27)24-19-7-10-21(23-15-19)25-11-13-28-14-12-25/h3-10,15H,11-14H2,1-2H3,(H,24,27). The molecule has 1 N–H and O–H groups in total. The van der Waals surface area contributed by atoms with E-state index in [4.69, 9.17) is 4.74 Å². The summed E-state index contributed by atoms with van der Waals surface area (Å²) in [5.41, 5.74) is 4.68. The Morgan fingerprint density at radius 1 is 0.964 bits per heavy atom. The fourth-order valence-electron chi connectivity index (χ4n) is 3.48. The number of carbonyl (C=O) groups excluding carboxylic acids is 1. The van der Waals surface area contributed by atoms with Gasteiger partial charge in [0.2, 0.25) is 0 Å². The van der Waals surface area contributed by atoms with Crippen molar-refractivity contribution in [2.75, 3.05) is 36.5 Å². The van der Waals surface area contributed by atoms with Crippen LogP contribution in [0, 0.1) is 13.8 Å². The highest BCUT2D eigenvalue weighted by Crippen LogP contribution is 2.19.